The zero-order valence-corrected chi connectivity index (χ0v) is 10.9. The average Bonchev–Trinajstić information content (AvgIpc) is 2.79. The summed E-state index contributed by atoms with van der Waals surface area (Å²) in [6, 6.07) is 4.90. The number of nitrogen functional groups attached to an aromatic ring is 1. The van der Waals surface area contributed by atoms with E-state index in [1.807, 2.05) is 0 Å². The van der Waals surface area contributed by atoms with Crippen LogP contribution in [0, 0.1) is 0 Å². The van der Waals surface area contributed by atoms with Crippen molar-refractivity contribution in [3.63, 3.8) is 0 Å². The average molecular weight is 274 g/mol. The van der Waals surface area contributed by atoms with E-state index < -0.39 is 6.04 Å². The van der Waals surface area contributed by atoms with E-state index in [4.69, 9.17) is 10.2 Å². The number of para-hydroxylation sites is 1. The topological polar surface area (TPSA) is 101 Å². The standard InChI is InChI=1S/C13H14N4O3/c1-7-13(19)15-10(18)5-17(7)6-11-16-12-8(14)3-2-4-9(12)20-11/h2-4,7H,5-6,14H2,1H3,(H,15,18,19). The van der Waals surface area contributed by atoms with Crippen molar-refractivity contribution < 1.29 is 14.0 Å². The van der Waals surface area contributed by atoms with E-state index in [0.29, 0.717) is 22.7 Å². The smallest absolute Gasteiger partial charge is 0.243 e. The maximum atomic E-state index is 11.6. The highest BCUT2D eigenvalue weighted by Crippen LogP contribution is 2.22. The van der Waals surface area contributed by atoms with E-state index in [1.54, 1.807) is 30.0 Å². The maximum absolute atomic E-state index is 11.6. The molecule has 7 nitrogen and oxygen atoms in total. The molecule has 0 saturated carbocycles. The summed E-state index contributed by atoms with van der Waals surface area (Å²) in [6.07, 6.45) is 0. The second kappa shape index (κ2) is 4.61. The zero-order chi connectivity index (χ0) is 14.3. The fraction of sp³-hybridized carbons (Fsp3) is 0.308. The molecule has 3 N–H and O–H groups in total. The number of carbonyl (C=O) groups excluding carboxylic acids is 2. The van der Waals surface area contributed by atoms with E-state index in [-0.39, 0.29) is 24.9 Å². The van der Waals surface area contributed by atoms with Gasteiger partial charge in [-0.25, -0.2) is 4.98 Å². The lowest BCUT2D eigenvalue weighted by Gasteiger charge is -2.30. The van der Waals surface area contributed by atoms with Crippen LogP contribution < -0.4 is 11.1 Å². The highest BCUT2D eigenvalue weighted by atomic mass is 16.3. The molecule has 1 aliphatic heterocycles. The molecule has 1 saturated heterocycles. The summed E-state index contributed by atoms with van der Waals surface area (Å²) in [7, 11) is 0. The van der Waals surface area contributed by atoms with Crippen molar-refractivity contribution in [1.29, 1.82) is 0 Å². The third-order valence-corrected chi connectivity index (χ3v) is 3.37. The van der Waals surface area contributed by atoms with Gasteiger partial charge in [0.2, 0.25) is 17.7 Å². The summed E-state index contributed by atoms with van der Waals surface area (Å²) in [5, 5.41) is 2.29. The summed E-state index contributed by atoms with van der Waals surface area (Å²) in [4.78, 5) is 29.0. The minimum Gasteiger partial charge on any atom is -0.439 e. The molecule has 2 heterocycles. The Hall–Kier alpha value is -2.41. The van der Waals surface area contributed by atoms with E-state index in [2.05, 4.69) is 10.3 Å². The zero-order valence-electron chi connectivity index (χ0n) is 10.9. The number of anilines is 1. The summed E-state index contributed by atoms with van der Waals surface area (Å²) in [5.41, 5.74) is 7.56. The minimum absolute atomic E-state index is 0.140. The van der Waals surface area contributed by atoms with Crippen LogP contribution in [0.15, 0.2) is 22.6 Å². The number of nitrogens with zero attached hydrogens (tertiary/aromatic N) is 2. The van der Waals surface area contributed by atoms with Crippen LogP contribution in [0.5, 0.6) is 0 Å². The number of piperazine rings is 1. The molecule has 7 heteroatoms. The lowest BCUT2D eigenvalue weighted by molar-refractivity contribution is -0.139. The van der Waals surface area contributed by atoms with E-state index in [0.717, 1.165) is 0 Å². The quantitative estimate of drug-likeness (QED) is 0.601. The Labute approximate surface area is 114 Å². The van der Waals surface area contributed by atoms with Gasteiger partial charge in [-0.05, 0) is 19.1 Å². The molecular formula is C13H14N4O3. The summed E-state index contributed by atoms with van der Waals surface area (Å²) < 4.78 is 5.59. The number of oxazole rings is 1. The van der Waals surface area contributed by atoms with Gasteiger partial charge < -0.3 is 10.2 Å². The van der Waals surface area contributed by atoms with Crippen molar-refractivity contribution in [2.75, 3.05) is 12.3 Å². The Bertz CT molecular complexity index is 694. The SMILES string of the molecule is CC1C(=O)NC(=O)CN1Cc1nc2c(N)cccc2o1. The Balaban J connectivity index is 1.87. The Kier molecular flexibility index (Phi) is 2.90. The van der Waals surface area contributed by atoms with Crippen LogP contribution in [0.2, 0.25) is 0 Å². The second-order valence-corrected chi connectivity index (χ2v) is 4.79. The third-order valence-electron chi connectivity index (χ3n) is 3.37. The van der Waals surface area contributed by atoms with Crippen LogP contribution in [-0.4, -0.2) is 34.3 Å². The Morgan fingerprint density at radius 3 is 3.05 bits per heavy atom. The van der Waals surface area contributed by atoms with Gasteiger partial charge in [0.25, 0.3) is 0 Å². The summed E-state index contributed by atoms with van der Waals surface area (Å²) >= 11 is 0. The third kappa shape index (κ3) is 2.12. The minimum atomic E-state index is -0.403. The van der Waals surface area contributed by atoms with Crippen LogP contribution in [0.3, 0.4) is 0 Å². The van der Waals surface area contributed by atoms with E-state index in [1.165, 1.54) is 0 Å². The fourth-order valence-corrected chi connectivity index (χ4v) is 2.22. The number of nitrogens with two attached hydrogens (primary N) is 1. The number of fused-ring (bicyclic) bond motifs is 1. The van der Waals surface area contributed by atoms with Crippen molar-refractivity contribution >= 4 is 28.6 Å². The Morgan fingerprint density at radius 1 is 1.50 bits per heavy atom. The number of aromatic nitrogens is 1. The molecule has 1 aromatic carbocycles. The molecule has 0 spiro atoms. The molecule has 3 rings (SSSR count). The number of imide groups is 1. The second-order valence-electron chi connectivity index (χ2n) is 4.79. The number of rotatable bonds is 2. The largest absolute Gasteiger partial charge is 0.439 e. The predicted molar refractivity (Wildman–Crippen MR) is 71.4 cm³/mol. The molecule has 20 heavy (non-hydrogen) atoms. The van der Waals surface area contributed by atoms with Gasteiger partial charge in [-0.1, -0.05) is 6.07 Å². The number of carbonyl (C=O) groups is 2. The van der Waals surface area contributed by atoms with Gasteiger partial charge in [0.1, 0.15) is 5.52 Å². The first-order valence-corrected chi connectivity index (χ1v) is 6.26. The molecule has 1 unspecified atom stereocenters. The molecule has 2 aromatic rings. The Morgan fingerprint density at radius 2 is 2.30 bits per heavy atom. The molecule has 0 radical (unpaired) electrons. The molecular weight excluding hydrogens is 260 g/mol. The number of benzene rings is 1. The van der Waals surface area contributed by atoms with Gasteiger partial charge in [0.05, 0.1) is 24.8 Å². The van der Waals surface area contributed by atoms with Crippen molar-refractivity contribution in [3.8, 4) is 0 Å². The maximum Gasteiger partial charge on any atom is 0.243 e. The molecule has 1 aromatic heterocycles. The first-order chi connectivity index (χ1) is 9.54. The van der Waals surface area contributed by atoms with E-state index in [9.17, 15) is 9.59 Å². The highest BCUT2D eigenvalue weighted by molar-refractivity contribution is 6.00. The number of hydrogen-bond acceptors (Lipinski definition) is 6. The molecule has 1 fully saturated rings. The van der Waals surface area contributed by atoms with Gasteiger partial charge in [0.15, 0.2) is 5.58 Å². The summed E-state index contributed by atoms with van der Waals surface area (Å²) in [6.45, 7) is 2.16. The van der Waals surface area contributed by atoms with Crippen molar-refractivity contribution in [2.45, 2.75) is 19.5 Å². The van der Waals surface area contributed by atoms with E-state index >= 15 is 0 Å². The molecule has 1 aliphatic rings. The first-order valence-electron chi connectivity index (χ1n) is 6.26. The van der Waals surface area contributed by atoms with Gasteiger partial charge in [-0.3, -0.25) is 19.8 Å². The van der Waals surface area contributed by atoms with Gasteiger partial charge in [-0.15, -0.1) is 0 Å². The number of hydrogen-bond donors (Lipinski definition) is 2. The molecule has 0 aliphatic carbocycles. The monoisotopic (exact) mass is 274 g/mol. The van der Waals surface area contributed by atoms with Crippen molar-refractivity contribution in [3.05, 3.63) is 24.1 Å². The molecule has 0 bridgehead atoms. The van der Waals surface area contributed by atoms with Crippen LogP contribution in [0.4, 0.5) is 5.69 Å². The van der Waals surface area contributed by atoms with Crippen LogP contribution in [0.1, 0.15) is 12.8 Å². The first kappa shape index (κ1) is 12.6. The lowest BCUT2D eigenvalue weighted by atomic mass is 10.2. The molecule has 1 atom stereocenters. The van der Waals surface area contributed by atoms with Crippen LogP contribution >= 0.6 is 0 Å². The highest BCUT2D eigenvalue weighted by Gasteiger charge is 2.31. The number of nitrogens with one attached hydrogen (secondary N) is 1. The van der Waals surface area contributed by atoms with Crippen molar-refractivity contribution in [2.24, 2.45) is 0 Å². The predicted octanol–water partition coefficient (Wildman–Crippen LogP) is 0.257. The van der Waals surface area contributed by atoms with Crippen molar-refractivity contribution in [1.82, 2.24) is 15.2 Å². The molecule has 104 valence electrons. The molecule has 2 amide bonds. The fourth-order valence-electron chi connectivity index (χ4n) is 2.22. The lowest BCUT2D eigenvalue weighted by Crippen LogP contribution is -2.56. The number of amides is 2. The summed E-state index contributed by atoms with van der Waals surface area (Å²) in [5.74, 6) is -0.187. The van der Waals surface area contributed by atoms with Gasteiger partial charge in [0, 0.05) is 0 Å². The van der Waals surface area contributed by atoms with Gasteiger partial charge >= 0.3 is 0 Å². The normalized spacial score (nSPS) is 20.4. The van der Waals surface area contributed by atoms with Crippen LogP contribution in [0.25, 0.3) is 11.1 Å². The van der Waals surface area contributed by atoms with Crippen LogP contribution in [-0.2, 0) is 16.1 Å². The van der Waals surface area contributed by atoms with Gasteiger partial charge in [-0.2, -0.15) is 0 Å².